The van der Waals surface area contributed by atoms with Gasteiger partial charge in [0.15, 0.2) is 6.10 Å². The monoisotopic (exact) mass is 369 g/mol. The van der Waals surface area contributed by atoms with Crippen LogP contribution < -0.4 is 10.1 Å². The number of para-hydroxylation sites is 1. The van der Waals surface area contributed by atoms with Crippen molar-refractivity contribution >= 4 is 17.5 Å². The first-order valence-electron chi connectivity index (χ1n) is 8.35. The van der Waals surface area contributed by atoms with Crippen LogP contribution in [0.15, 0.2) is 67.3 Å². The molecule has 5 nitrogen and oxygen atoms in total. The van der Waals surface area contributed by atoms with Gasteiger partial charge in [-0.25, -0.2) is 4.98 Å². The van der Waals surface area contributed by atoms with E-state index in [0.717, 1.165) is 11.1 Å². The summed E-state index contributed by atoms with van der Waals surface area (Å²) in [6, 6.07) is 15.1. The van der Waals surface area contributed by atoms with Crippen molar-refractivity contribution in [1.82, 2.24) is 14.9 Å². The number of amides is 1. The van der Waals surface area contributed by atoms with Crippen LogP contribution in [0.4, 0.5) is 0 Å². The maximum absolute atomic E-state index is 12.4. The number of halogens is 1. The average molecular weight is 370 g/mol. The Kier molecular flexibility index (Phi) is 5.92. The van der Waals surface area contributed by atoms with Crippen LogP contribution in [0, 0.1) is 0 Å². The third-order valence-electron chi connectivity index (χ3n) is 3.99. The van der Waals surface area contributed by atoms with Crippen molar-refractivity contribution in [3.05, 3.63) is 83.4 Å². The minimum absolute atomic E-state index is 0.192. The highest BCUT2D eigenvalue weighted by molar-refractivity contribution is 6.32. The fraction of sp³-hybridized carbons (Fsp3) is 0.200. The van der Waals surface area contributed by atoms with Crippen LogP contribution in [-0.4, -0.2) is 21.6 Å². The Morgan fingerprint density at radius 3 is 2.65 bits per heavy atom. The number of aromatic nitrogens is 2. The molecule has 1 N–H and O–H groups in total. The SMILES string of the molecule is CC(Oc1ccccc1Cl)C(=O)NCc1ccccc1Cn1ccnc1. The Balaban J connectivity index is 1.60. The lowest BCUT2D eigenvalue weighted by molar-refractivity contribution is -0.127. The Hall–Kier alpha value is -2.79. The van der Waals surface area contributed by atoms with E-state index in [1.807, 2.05) is 47.2 Å². The molecule has 0 spiro atoms. The molecule has 0 aliphatic carbocycles. The maximum Gasteiger partial charge on any atom is 0.261 e. The second-order valence-electron chi connectivity index (χ2n) is 5.91. The van der Waals surface area contributed by atoms with Gasteiger partial charge < -0.3 is 14.6 Å². The maximum atomic E-state index is 12.4. The van der Waals surface area contributed by atoms with Crippen LogP contribution in [-0.2, 0) is 17.9 Å². The van der Waals surface area contributed by atoms with E-state index < -0.39 is 6.10 Å². The molecule has 1 heterocycles. The molecule has 3 rings (SSSR count). The highest BCUT2D eigenvalue weighted by Gasteiger charge is 2.16. The van der Waals surface area contributed by atoms with E-state index >= 15 is 0 Å². The number of hydrogen-bond donors (Lipinski definition) is 1. The molecule has 0 bridgehead atoms. The van der Waals surface area contributed by atoms with Gasteiger partial charge in [-0.2, -0.15) is 0 Å². The highest BCUT2D eigenvalue weighted by atomic mass is 35.5. The summed E-state index contributed by atoms with van der Waals surface area (Å²) >= 11 is 6.07. The lowest BCUT2D eigenvalue weighted by Gasteiger charge is -2.16. The Morgan fingerprint density at radius 1 is 1.19 bits per heavy atom. The topological polar surface area (TPSA) is 56.1 Å². The van der Waals surface area contributed by atoms with Gasteiger partial charge >= 0.3 is 0 Å². The minimum Gasteiger partial charge on any atom is -0.479 e. The number of nitrogens with zero attached hydrogens (tertiary/aromatic N) is 2. The predicted octanol–water partition coefficient (Wildman–Crippen LogP) is 3.67. The summed E-state index contributed by atoms with van der Waals surface area (Å²) in [4.78, 5) is 16.4. The fourth-order valence-corrected chi connectivity index (χ4v) is 2.75. The Bertz CT molecular complexity index is 865. The first-order chi connectivity index (χ1) is 12.6. The molecule has 2 aromatic carbocycles. The molecule has 0 radical (unpaired) electrons. The molecular formula is C20H20ClN3O2. The molecule has 0 saturated carbocycles. The molecule has 1 amide bonds. The van der Waals surface area contributed by atoms with E-state index in [1.165, 1.54) is 0 Å². The second kappa shape index (κ2) is 8.54. The third kappa shape index (κ3) is 4.64. The lowest BCUT2D eigenvalue weighted by atomic mass is 10.1. The number of carbonyl (C=O) groups excluding carboxylic acids is 1. The third-order valence-corrected chi connectivity index (χ3v) is 4.31. The van der Waals surface area contributed by atoms with Crippen molar-refractivity contribution in [2.24, 2.45) is 0 Å². The van der Waals surface area contributed by atoms with Crippen LogP contribution in [0.1, 0.15) is 18.1 Å². The van der Waals surface area contributed by atoms with Crippen LogP contribution in [0.25, 0.3) is 0 Å². The number of hydrogen-bond acceptors (Lipinski definition) is 3. The summed E-state index contributed by atoms with van der Waals surface area (Å²) in [5.41, 5.74) is 2.19. The van der Waals surface area contributed by atoms with Crippen LogP contribution in [0.5, 0.6) is 5.75 Å². The molecular weight excluding hydrogens is 350 g/mol. The minimum atomic E-state index is -0.643. The summed E-state index contributed by atoms with van der Waals surface area (Å²) in [7, 11) is 0. The van der Waals surface area contributed by atoms with Crippen molar-refractivity contribution in [1.29, 1.82) is 0 Å². The zero-order valence-electron chi connectivity index (χ0n) is 14.4. The molecule has 6 heteroatoms. The standard InChI is InChI=1S/C20H20ClN3O2/c1-15(26-19-9-5-4-8-18(19)21)20(25)23-12-16-6-2-3-7-17(16)13-24-11-10-22-14-24/h2-11,14-15H,12-13H2,1H3,(H,23,25). The molecule has 1 atom stereocenters. The quantitative estimate of drug-likeness (QED) is 0.691. The van der Waals surface area contributed by atoms with E-state index in [4.69, 9.17) is 16.3 Å². The van der Waals surface area contributed by atoms with Gasteiger partial charge in [0, 0.05) is 25.5 Å². The molecule has 0 aliphatic rings. The number of nitrogens with one attached hydrogen (secondary N) is 1. The summed E-state index contributed by atoms with van der Waals surface area (Å²) in [6.45, 7) is 2.84. The second-order valence-corrected chi connectivity index (χ2v) is 6.32. The smallest absolute Gasteiger partial charge is 0.261 e. The van der Waals surface area contributed by atoms with Gasteiger partial charge in [-0.1, -0.05) is 48.0 Å². The number of benzene rings is 2. The van der Waals surface area contributed by atoms with Crippen molar-refractivity contribution in [3.63, 3.8) is 0 Å². The Morgan fingerprint density at radius 2 is 1.92 bits per heavy atom. The van der Waals surface area contributed by atoms with Crippen LogP contribution >= 0.6 is 11.6 Å². The lowest BCUT2D eigenvalue weighted by Crippen LogP contribution is -2.36. The van der Waals surface area contributed by atoms with Crippen molar-refractivity contribution in [2.45, 2.75) is 26.1 Å². The van der Waals surface area contributed by atoms with E-state index in [9.17, 15) is 4.79 Å². The Labute approximate surface area is 157 Å². The van der Waals surface area contributed by atoms with Gasteiger partial charge in [0.2, 0.25) is 0 Å². The van der Waals surface area contributed by atoms with Gasteiger partial charge in [0.1, 0.15) is 5.75 Å². The highest BCUT2D eigenvalue weighted by Crippen LogP contribution is 2.24. The van der Waals surface area contributed by atoms with Gasteiger partial charge in [-0.05, 0) is 30.2 Å². The first kappa shape index (κ1) is 18.0. The van der Waals surface area contributed by atoms with E-state index in [2.05, 4.69) is 10.3 Å². The molecule has 0 fully saturated rings. The fourth-order valence-electron chi connectivity index (χ4n) is 2.57. The van der Waals surface area contributed by atoms with Crippen LogP contribution in [0.2, 0.25) is 5.02 Å². The van der Waals surface area contributed by atoms with E-state index in [0.29, 0.717) is 23.9 Å². The number of ether oxygens (including phenoxy) is 1. The normalized spacial score (nSPS) is 11.8. The molecule has 134 valence electrons. The molecule has 26 heavy (non-hydrogen) atoms. The zero-order valence-corrected chi connectivity index (χ0v) is 15.2. The van der Waals surface area contributed by atoms with Gasteiger partial charge in [0.05, 0.1) is 11.3 Å². The largest absolute Gasteiger partial charge is 0.479 e. The number of imidazole rings is 1. The van der Waals surface area contributed by atoms with Crippen molar-refractivity contribution in [3.8, 4) is 5.75 Å². The van der Waals surface area contributed by atoms with Gasteiger partial charge in [-0.15, -0.1) is 0 Å². The van der Waals surface area contributed by atoms with Crippen molar-refractivity contribution < 1.29 is 9.53 Å². The molecule has 0 saturated heterocycles. The molecule has 3 aromatic rings. The van der Waals surface area contributed by atoms with Gasteiger partial charge in [-0.3, -0.25) is 4.79 Å². The number of rotatable bonds is 7. The molecule has 1 aromatic heterocycles. The predicted molar refractivity (Wildman–Crippen MR) is 101 cm³/mol. The first-order valence-corrected chi connectivity index (χ1v) is 8.72. The van der Waals surface area contributed by atoms with E-state index in [1.54, 1.807) is 31.6 Å². The zero-order chi connectivity index (χ0) is 18.4. The summed E-state index contributed by atoms with van der Waals surface area (Å²) in [5, 5.41) is 3.41. The number of carbonyl (C=O) groups is 1. The van der Waals surface area contributed by atoms with Crippen molar-refractivity contribution in [2.75, 3.05) is 0 Å². The summed E-state index contributed by atoms with van der Waals surface area (Å²) in [5.74, 6) is 0.305. The van der Waals surface area contributed by atoms with Gasteiger partial charge in [0.25, 0.3) is 5.91 Å². The summed E-state index contributed by atoms with van der Waals surface area (Å²) in [6.07, 6.45) is 4.79. The molecule has 0 aliphatic heterocycles. The van der Waals surface area contributed by atoms with E-state index in [-0.39, 0.29) is 5.91 Å². The molecule has 1 unspecified atom stereocenters. The van der Waals surface area contributed by atoms with Crippen LogP contribution in [0.3, 0.4) is 0 Å². The average Bonchev–Trinajstić information content (AvgIpc) is 3.15. The summed E-state index contributed by atoms with van der Waals surface area (Å²) < 4.78 is 7.64.